The summed E-state index contributed by atoms with van der Waals surface area (Å²) in [6.07, 6.45) is 1.94. The fourth-order valence-electron chi connectivity index (χ4n) is 2.62. The number of rotatable bonds is 1. The molecule has 0 fully saturated rings. The Morgan fingerprint density at radius 2 is 1.85 bits per heavy atom. The normalized spacial score (nSPS) is 14.5. The number of H-pyrrole nitrogens is 1. The van der Waals surface area contributed by atoms with Crippen molar-refractivity contribution >= 4 is 5.91 Å². The van der Waals surface area contributed by atoms with Crippen molar-refractivity contribution in [3.63, 3.8) is 0 Å². The van der Waals surface area contributed by atoms with Crippen molar-refractivity contribution in [2.75, 3.05) is 6.54 Å². The molecule has 0 bridgehead atoms. The molecule has 1 aromatic heterocycles. The number of benzene rings is 1. The molecule has 0 saturated heterocycles. The van der Waals surface area contributed by atoms with E-state index in [9.17, 15) is 9.59 Å². The van der Waals surface area contributed by atoms with Crippen molar-refractivity contribution in [3.05, 3.63) is 69.6 Å². The molecule has 0 spiro atoms. The van der Waals surface area contributed by atoms with E-state index in [-0.39, 0.29) is 11.5 Å². The monoisotopic (exact) mass is 268 g/mol. The number of hydrogen-bond acceptors (Lipinski definition) is 2. The lowest BCUT2D eigenvalue weighted by molar-refractivity contribution is 0.0739. The number of nitrogens with one attached hydrogen (secondary N) is 1. The molecule has 0 atom stereocenters. The minimum atomic E-state index is -0.244. The highest BCUT2D eigenvalue weighted by Gasteiger charge is 2.20. The average Bonchev–Trinajstić information content (AvgIpc) is 2.68. The summed E-state index contributed by atoms with van der Waals surface area (Å²) in [5.74, 6) is -0.112. The molecule has 0 unspecified atom stereocenters. The Labute approximate surface area is 117 Å². The molecule has 0 aliphatic carbocycles. The number of pyridine rings is 1. The van der Waals surface area contributed by atoms with Gasteiger partial charge in [-0.25, -0.2) is 0 Å². The van der Waals surface area contributed by atoms with Crippen LogP contribution in [0.2, 0.25) is 0 Å². The van der Waals surface area contributed by atoms with E-state index in [1.54, 1.807) is 17.0 Å². The molecular weight excluding hydrogens is 252 g/mol. The van der Waals surface area contributed by atoms with Crippen LogP contribution in [0, 0.1) is 0 Å². The molecule has 102 valence electrons. The predicted molar refractivity (Wildman–Crippen MR) is 76.6 cm³/mol. The molecule has 4 heteroatoms. The first-order chi connectivity index (χ1) is 9.74. The molecule has 1 amide bonds. The standard InChI is InChI=1S/C16H16N2O2/c19-15-9-3-8-14(17-15)16(20)18-10-4-7-12-5-1-2-6-13(12)11-18/h1-3,5-6,8-9H,4,7,10-11H2,(H,17,19). The van der Waals surface area contributed by atoms with E-state index < -0.39 is 0 Å². The Morgan fingerprint density at radius 1 is 1.05 bits per heavy atom. The van der Waals surface area contributed by atoms with Crippen molar-refractivity contribution in [2.45, 2.75) is 19.4 Å². The van der Waals surface area contributed by atoms with Crippen molar-refractivity contribution in [3.8, 4) is 0 Å². The number of aromatic amines is 1. The van der Waals surface area contributed by atoms with Crippen molar-refractivity contribution in [1.82, 2.24) is 9.88 Å². The van der Waals surface area contributed by atoms with E-state index in [2.05, 4.69) is 17.1 Å². The second-order valence-corrected chi connectivity index (χ2v) is 5.03. The number of carbonyl (C=O) groups is 1. The van der Waals surface area contributed by atoms with Crippen LogP contribution in [0.3, 0.4) is 0 Å². The molecule has 1 N–H and O–H groups in total. The van der Waals surface area contributed by atoms with Gasteiger partial charge in [0.2, 0.25) is 5.56 Å². The third kappa shape index (κ3) is 2.50. The zero-order valence-electron chi connectivity index (χ0n) is 11.1. The summed E-state index contributed by atoms with van der Waals surface area (Å²) in [4.78, 5) is 28.2. The largest absolute Gasteiger partial charge is 0.333 e. The van der Waals surface area contributed by atoms with Gasteiger partial charge in [-0.2, -0.15) is 0 Å². The summed E-state index contributed by atoms with van der Waals surface area (Å²) in [5, 5.41) is 0. The third-order valence-corrected chi connectivity index (χ3v) is 3.64. The number of fused-ring (bicyclic) bond motifs is 1. The molecule has 4 nitrogen and oxygen atoms in total. The maximum absolute atomic E-state index is 12.5. The van der Waals surface area contributed by atoms with Crippen LogP contribution in [0.25, 0.3) is 0 Å². The number of amides is 1. The van der Waals surface area contributed by atoms with Crippen LogP contribution in [-0.2, 0) is 13.0 Å². The van der Waals surface area contributed by atoms with E-state index >= 15 is 0 Å². The van der Waals surface area contributed by atoms with Crippen LogP contribution in [-0.4, -0.2) is 22.3 Å². The Balaban J connectivity index is 1.88. The van der Waals surface area contributed by atoms with Crippen LogP contribution in [0.1, 0.15) is 28.0 Å². The lowest BCUT2D eigenvalue weighted by Gasteiger charge is -2.20. The van der Waals surface area contributed by atoms with Gasteiger partial charge in [-0.1, -0.05) is 30.3 Å². The van der Waals surface area contributed by atoms with Gasteiger partial charge in [0.15, 0.2) is 0 Å². The number of carbonyl (C=O) groups excluding carboxylic acids is 1. The fourth-order valence-corrected chi connectivity index (χ4v) is 2.62. The van der Waals surface area contributed by atoms with Gasteiger partial charge in [0.1, 0.15) is 5.69 Å². The molecular formula is C16H16N2O2. The Morgan fingerprint density at radius 3 is 2.65 bits per heavy atom. The van der Waals surface area contributed by atoms with Gasteiger partial charge in [-0.3, -0.25) is 9.59 Å². The molecule has 1 aliphatic heterocycles. The predicted octanol–water partition coefficient (Wildman–Crippen LogP) is 1.96. The van der Waals surface area contributed by atoms with Crippen LogP contribution in [0.5, 0.6) is 0 Å². The van der Waals surface area contributed by atoms with Gasteiger partial charge >= 0.3 is 0 Å². The zero-order chi connectivity index (χ0) is 13.9. The summed E-state index contributed by atoms with van der Waals surface area (Å²) in [6, 6.07) is 12.9. The highest BCUT2D eigenvalue weighted by molar-refractivity contribution is 5.92. The summed E-state index contributed by atoms with van der Waals surface area (Å²) in [5.41, 5.74) is 2.61. The number of aromatic nitrogens is 1. The molecule has 2 aromatic rings. The fraction of sp³-hybridized carbons (Fsp3) is 0.250. The summed E-state index contributed by atoms with van der Waals surface area (Å²) in [6.45, 7) is 1.32. The molecule has 1 aliphatic rings. The minimum absolute atomic E-state index is 0.112. The Hall–Kier alpha value is -2.36. The van der Waals surface area contributed by atoms with Crippen LogP contribution in [0.4, 0.5) is 0 Å². The van der Waals surface area contributed by atoms with E-state index in [0.717, 1.165) is 12.8 Å². The molecule has 3 rings (SSSR count). The number of aryl methyl sites for hydroxylation is 1. The van der Waals surface area contributed by atoms with E-state index in [1.807, 2.05) is 12.1 Å². The molecule has 20 heavy (non-hydrogen) atoms. The van der Waals surface area contributed by atoms with Crippen molar-refractivity contribution < 1.29 is 4.79 Å². The van der Waals surface area contributed by atoms with Gasteiger partial charge in [0.25, 0.3) is 5.91 Å². The van der Waals surface area contributed by atoms with Gasteiger partial charge in [-0.15, -0.1) is 0 Å². The highest BCUT2D eigenvalue weighted by atomic mass is 16.2. The average molecular weight is 268 g/mol. The van der Waals surface area contributed by atoms with Crippen molar-refractivity contribution in [1.29, 1.82) is 0 Å². The number of nitrogens with zero attached hydrogens (tertiary/aromatic N) is 1. The molecule has 2 heterocycles. The van der Waals surface area contributed by atoms with E-state index in [4.69, 9.17) is 0 Å². The van der Waals surface area contributed by atoms with E-state index in [1.165, 1.54) is 17.2 Å². The van der Waals surface area contributed by atoms with Gasteiger partial charge < -0.3 is 9.88 Å². The van der Waals surface area contributed by atoms with Gasteiger partial charge in [0, 0.05) is 19.2 Å². The summed E-state index contributed by atoms with van der Waals surface area (Å²) < 4.78 is 0. The zero-order valence-corrected chi connectivity index (χ0v) is 11.1. The van der Waals surface area contributed by atoms with Gasteiger partial charge in [0.05, 0.1) is 0 Å². The lowest BCUT2D eigenvalue weighted by Crippen LogP contribution is -2.32. The minimum Gasteiger partial charge on any atom is -0.333 e. The first kappa shape index (κ1) is 12.7. The lowest BCUT2D eigenvalue weighted by atomic mass is 10.0. The Kier molecular flexibility index (Phi) is 3.37. The van der Waals surface area contributed by atoms with E-state index in [0.29, 0.717) is 18.8 Å². The quantitative estimate of drug-likeness (QED) is 0.859. The smallest absolute Gasteiger partial charge is 0.270 e. The highest BCUT2D eigenvalue weighted by Crippen LogP contribution is 2.19. The van der Waals surface area contributed by atoms with Crippen LogP contribution >= 0.6 is 0 Å². The van der Waals surface area contributed by atoms with Crippen LogP contribution in [0.15, 0.2) is 47.3 Å². The second kappa shape index (κ2) is 5.33. The number of hydrogen-bond donors (Lipinski definition) is 1. The SMILES string of the molecule is O=C(c1cccc(=O)[nH]1)N1CCCc2ccccc2C1. The maximum Gasteiger partial charge on any atom is 0.270 e. The first-order valence-corrected chi connectivity index (χ1v) is 6.79. The molecule has 0 saturated carbocycles. The van der Waals surface area contributed by atoms with Crippen LogP contribution < -0.4 is 5.56 Å². The summed E-state index contributed by atoms with van der Waals surface area (Å²) in [7, 11) is 0. The van der Waals surface area contributed by atoms with Crippen molar-refractivity contribution in [2.24, 2.45) is 0 Å². The third-order valence-electron chi connectivity index (χ3n) is 3.64. The molecule has 0 radical (unpaired) electrons. The van der Waals surface area contributed by atoms with Gasteiger partial charge in [-0.05, 0) is 30.0 Å². The topological polar surface area (TPSA) is 53.2 Å². The first-order valence-electron chi connectivity index (χ1n) is 6.79. The molecule has 1 aromatic carbocycles. The Bertz CT molecular complexity index is 691. The second-order valence-electron chi connectivity index (χ2n) is 5.03. The maximum atomic E-state index is 12.5. The summed E-state index contributed by atoms with van der Waals surface area (Å²) >= 11 is 0.